The Bertz CT molecular complexity index is 2280. The molecule has 7 rings (SSSR count). The summed E-state index contributed by atoms with van der Waals surface area (Å²) in [5.74, 6) is -1.12. The van der Waals surface area contributed by atoms with Crippen LogP contribution in [-0.4, -0.2) is 311 Å². The molecule has 35 nitrogen and oxygen atoms in total. The highest BCUT2D eigenvalue weighted by Crippen LogP contribution is 2.37. The van der Waals surface area contributed by atoms with Crippen molar-refractivity contribution in [3.05, 3.63) is 35.9 Å². The van der Waals surface area contributed by atoms with Crippen molar-refractivity contribution in [3.8, 4) is 0 Å². The van der Waals surface area contributed by atoms with Crippen LogP contribution in [0.1, 0.15) is 10.4 Å². The summed E-state index contributed by atoms with van der Waals surface area (Å²) in [5, 5.41) is 174. The molecule has 38 heteroatoms. The van der Waals surface area contributed by atoms with E-state index < -0.39 is 245 Å². The van der Waals surface area contributed by atoms with Gasteiger partial charge in [0.2, 0.25) is 0 Å². The van der Waals surface area contributed by atoms with Gasteiger partial charge in [0.05, 0.1) is 51.3 Å². The third-order valence-electron chi connectivity index (χ3n) is 14.0. The van der Waals surface area contributed by atoms with Crippen molar-refractivity contribution in [1.29, 1.82) is 0 Å². The van der Waals surface area contributed by atoms with Crippen LogP contribution in [0, 0.1) is 0 Å². The molecule has 462 valence electrons. The van der Waals surface area contributed by atoms with E-state index in [1.54, 1.807) is 6.07 Å². The Hall–Kier alpha value is -2.24. The molecular weight excluding hydrogens is 1170 g/mol. The summed E-state index contributed by atoms with van der Waals surface area (Å²) >= 11 is 0. The normalized spacial score (nSPS) is 45.9. The van der Waals surface area contributed by atoms with Crippen LogP contribution in [0.5, 0.6) is 0 Å². The average molecular weight is 1230 g/mol. The standard InChI is InChI=1S/C43H65O35P3/c44-6-13-19(46)26(53)33(77-40-31(58)36(79)24(51)18(73-40)11-68-81(63)64)41(70-13)66-8-15-21(48)25(52)29(56)39(72-15)65-9-16-23(50)32(30(57)38(60)69-16)76-43-35(27(54)20(47)14(7-45)71-43)78-42-34(75-37(59)12-4-2-1-3-5-12)28(55)22(49)17(74-42)10-67-80(61)62/h1-5,13-36,38-58,60H,6-11,79H2/t13?,14?,15?,16?,17?,18?,19-,20-,21-,22-,23-,24-,25?,26?,27?,28?,29-,30-,31-,32?,33?,34-,35?,36?,38-,39+,40-,41+,42-,43-/m1/s1. The number of carbonyl (C=O) groups excluding carboxylic acids is 1. The van der Waals surface area contributed by atoms with Crippen molar-refractivity contribution in [2.75, 3.05) is 39.6 Å². The molecule has 0 spiro atoms. The van der Waals surface area contributed by atoms with Crippen LogP contribution in [0.15, 0.2) is 30.3 Å². The molecular formula is C43H65O35P3. The minimum absolute atomic E-state index is 0.0800. The maximum Gasteiger partial charge on any atom is 0.468 e. The predicted molar refractivity (Wildman–Crippen MR) is 251 cm³/mol. The first-order chi connectivity index (χ1) is 38.4. The topological polar surface area (TPSA) is 538 Å². The van der Waals surface area contributed by atoms with Crippen LogP contribution in [0.4, 0.5) is 0 Å². The molecule has 0 amide bonds. The summed E-state index contributed by atoms with van der Waals surface area (Å²) in [6, 6.07) is 7.11. The molecule has 6 heterocycles. The van der Waals surface area contributed by atoms with Crippen LogP contribution < -0.4 is 0 Å². The van der Waals surface area contributed by atoms with E-state index in [0.717, 1.165) is 0 Å². The molecule has 1 aromatic rings. The van der Waals surface area contributed by atoms with Crippen LogP contribution in [-0.2, 0) is 84.2 Å². The number of benzene rings is 1. The quantitative estimate of drug-likeness (QED) is 0.0379. The highest BCUT2D eigenvalue weighted by atomic mass is 31.1. The fourth-order valence-electron chi connectivity index (χ4n) is 9.42. The number of hydrogen-bond acceptors (Lipinski definition) is 35. The predicted octanol–water partition coefficient (Wildman–Crippen LogP) is -9.13. The molecule has 0 saturated carbocycles. The zero-order valence-corrected chi connectivity index (χ0v) is 44.8. The number of rotatable bonds is 22. The van der Waals surface area contributed by atoms with E-state index in [1.165, 1.54) is 24.3 Å². The van der Waals surface area contributed by atoms with E-state index in [2.05, 4.69) is 18.3 Å². The minimum atomic E-state index is -3.56. The lowest BCUT2D eigenvalue weighted by Crippen LogP contribution is -2.67. The zero-order valence-electron chi connectivity index (χ0n) is 41.8. The molecule has 0 radical (unpaired) electrons. The molecule has 6 saturated heterocycles. The lowest BCUT2D eigenvalue weighted by molar-refractivity contribution is -0.388. The number of ether oxygens (including phenoxy) is 12. The van der Waals surface area contributed by atoms with Crippen molar-refractivity contribution in [1.82, 2.24) is 0 Å². The Morgan fingerprint density at radius 1 is 0.420 bits per heavy atom. The van der Waals surface area contributed by atoms with Gasteiger partial charge in [0.1, 0.15) is 128 Å². The smallest absolute Gasteiger partial charge is 0.450 e. The highest BCUT2D eigenvalue weighted by molar-refractivity contribution is 7.24. The van der Waals surface area contributed by atoms with Gasteiger partial charge < -0.3 is 139 Å². The number of hydrogen-bond donors (Lipinski definition) is 16. The van der Waals surface area contributed by atoms with Crippen molar-refractivity contribution >= 4 is 31.0 Å². The molecule has 6 aliphatic rings. The Balaban J connectivity index is 1.05. The molecule has 6 aliphatic heterocycles. The van der Waals surface area contributed by atoms with Crippen LogP contribution in [0.25, 0.3) is 0 Å². The molecule has 0 aliphatic carbocycles. The summed E-state index contributed by atoms with van der Waals surface area (Å²) in [6.45, 7) is -5.45. The maximum atomic E-state index is 13.2. The summed E-state index contributed by atoms with van der Waals surface area (Å²) in [6.07, 6.45) is -56.7. The van der Waals surface area contributed by atoms with E-state index in [-0.39, 0.29) is 5.56 Å². The molecule has 6 fully saturated rings. The molecule has 15 unspecified atom stereocenters. The lowest BCUT2D eigenvalue weighted by Gasteiger charge is -2.48. The molecule has 0 aromatic heterocycles. The van der Waals surface area contributed by atoms with Crippen molar-refractivity contribution in [2.45, 2.75) is 184 Å². The van der Waals surface area contributed by atoms with Gasteiger partial charge >= 0.3 is 21.8 Å². The Morgan fingerprint density at radius 2 is 0.840 bits per heavy atom. The van der Waals surface area contributed by atoms with Gasteiger partial charge in [0.15, 0.2) is 43.8 Å². The van der Waals surface area contributed by atoms with E-state index in [1.807, 2.05) is 0 Å². The average Bonchev–Trinajstić information content (AvgIpc) is 3.44. The Morgan fingerprint density at radius 3 is 1.42 bits per heavy atom. The van der Waals surface area contributed by atoms with Gasteiger partial charge in [-0.25, -0.2) is 23.1 Å². The van der Waals surface area contributed by atoms with Crippen molar-refractivity contribution in [2.24, 2.45) is 0 Å². The first-order valence-corrected chi connectivity index (χ1v) is 27.7. The van der Waals surface area contributed by atoms with Gasteiger partial charge in [0.25, 0.3) is 0 Å². The largest absolute Gasteiger partial charge is 0.468 e. The fraction of sp³-hybridized carbons (Fsp3) is 0.837. The van der Waals surface area contributed by atoms with Gasteiger partial charge in [-0.3, -0.25) is 9.05 Å². The van der Waals surface area contributed by atoms with Gasteiger partial charge in [-0.05, 0) is 12.1 Å². The minimum Gasteiger partial charge on any atom is -0.450 e. The Labute approximate surface area is 460 Å². The maximum absolute atomic E-state index is 13.2. The van der Waals surface area contributed by atoms with E-state index in [9.17, 15) is 105 Å². The van der Waals surface area contributed by atoms with Gasteiger partial charge in [-0.2, -0.15) is 0 Å². The highest BCUT2D eigenvalue weighted by Gasteiger charge is 2.57. The molecule has 31 atom stereocenters. The first-order valence-electron chi connectivity index (χ1n) is 24.8. The summed E-state index contributed by atoms with van der Waals surface area (Å²) in [7, 11) is -4.86. The van der Waals surface area contributed by atoms with Crippen LogP contribution in [0.2, 0.25) is 0 Å². The lowest BCUT2D eigenvalue weighted by atomic mass is 9.96. The summed E-state index contributed by atoms with van der Waals surface area (Å²) in [5.41, 5.74) is -1.24. The van der Waals surface area contributed by atoms with Crippen LogP contribution in [0.3, 0.4) is 0 Å². The van der Waals surface area contributed by atoms with Gasteiger partial charge in [0, 0.05) is 5.66 Å². The molecule has 1 aromatic carbocycles. The van der Waals surface area contributed by atoms with Crippen LogP contribution >= 0.6 is 25.1 Å². The third-order valence-corrected chi connectivity index (χ3v) is 15.6. The van der Waals surface area contributed by atoms with Gasteiger partial charge in [-0.15, -0.1) is 9.24 Å². The zero-order chi connectivity index (χ0) is 59.3. The van der Waals surface area contributed by atoms with Gasteiger partial charge in [-0.1, -0.05) is 18.2 Å². The second-order valence-electron chi connectivity index (χ2n) is 19.3. The summed E-state index contributed by atoms with van der Waals surface area (Å²) < 4.78 is 122. The van der Waals surface area contributed by atoms with E-state index in [4.69, 9.17) is 56.8 Å². The number of aliphatic hydroxyl groups is 16. The number of esters is 1. The second kappa shape index (κ2) is 29.4. The molecule has 81 heavy (non-hydrogen) atoms. The number of carbonyl (C=O) groups is 1. The first kappa shape index (κ1) is 66.3. The number of aliphatic hydroxyl groups excluding tert-OH is 16. The van der Waals surface area contributed by atoms with E-state index >= 15 is 0 Å². The molecule has 0 bridgehead atoms. The summed E-state index contributed by atoms with van der Waals surface area (Å²) in [4.78, 5) is 13.2. The van der Waals surface area contributed by atoms with E-state index in [0.29, 0.717) is 0 Å². The fourth-order valence-corrected chi connectivity index (χ4v) is 10.4. The SMILES string of the molecule is O=C(O[C@@H]1C(O)[C@H](O)C(COP(=O)=O)O[C@@H]1OC1C(O)[C@H](O)C(CO)O[C@@H]1OC1[C@H](O)C(CO[C@H]2OC(CO[C@H]3OC(CO)[C@@H](O)C(O)C3O[C@H]3OC(COP(=O)=O)[C@@H](O)C(P)[C@H]3O)[C@@H](O)C(O)[C@H]2O)O[C@@H](O)[C@@H]1O)c1ccccc1. The van der Waals surface area contributed by atoms with Crippen molar-refractivity contribution in [3.63, 3.8) is 0 Å². The monoisotopic (exact) mass is 1230 g/mol. The third kappa shape index (κ3) is 15.5. The second-order valence-corrected chi connectivity index (χ2v) is 21.5. The Kier molecular flexibility index (Phi) is 24.1. The molecule has 16 N–H and O–H groups in total. The van der Waals surface area contributed by atoms with Crippen molar-refractivity contribution < 1.29 is 171 Å².